The van der Waals surface area contributed by atoms with Crippen molar-refractivity contribution in [1.29, 1.82) is 0 Å². The Morgan fingerprint density at radius 1 is 0.906 bits per heavy atom. The van der Waals surface area contributed by atoms with Crippen molar-refractivity contribution in [1.82, 2.24) is 0 Å². The lowest BCUT2D eigenvalue weighted by molar-refractivity contribution is -0.142. The first kappa shape index (κ1) is 25.2. The van der Waals surface area contributed by atoms with Gasteiger partial charge in [0.25, 0.3) is 0 Å². The molecule has 0 aliphatic heterocycles. The number of benzene rings is 2. The van der Waals surface area contributed by atoms with Gasteiger partial charge in [-0.2, -0.15) is 13.2 Å². The molecule has 0 spiro atoms. The van der Waals surface area contributed by atoms with Gasteiger partial charge in [0.05, 0.1) is 56.8 Å². The second-order valence-corrected chi connectivity index (χ2v) is 6.44. The Kier molecular flexibility index (Phi) is 9.96. The minimum absolute atomic E-state index is 0.0150. The predicted molar refractivity (Wildman–Crippen MR) is 110 cm³/mol. The van der Waals surface area contributed by atoms with Crippen LogP contribution in [0.5, 0.6) is 0 Å². The van der Waals surface area contributed by atoms with Crippen molar-refractivity contribution in [3.8, 4) is 0 Å². The number of hydrogen-bond donors (Lipinski definition) is 1. The SMILES string of the molecule is COC(=O)CCOCCOCCOC(=O)c1ccccc1Nc1cccc(C(F)(F)F)c1. The number of alkyl halides is 3. The van der Waals surface area contributed by atoms with Crippen molar-refractivity contribution in [3.63, 3.8) is 0 Å². The van der Waals surface area contributed by atoms with Crippen molar-refractivity contribution < 1.29 is 41.7 Å². The van der Waals surface area contributed by atoms with Gasteiger partial charge < -0.3 is 24.3 Å². The van der Waals surface area contributed by atoms with Crippen molar-refractivity contribution in [2.45, 2.75) is 12.6 Å². The van der Waals surface area contributed by atoms with Crippen LogP contribution < -0.4 is 5.32 Å². The van der Waals surface area contributed by atoms with Gasteiger partial charge in [0, 0.05) is 5.69 Å². The average Bonchev–Trinajstić information content (AvgIpc) is 2.77. The Morgan fingerprint density at radius 3 is 2.31 bits per heavy atom. The van der Waals surface area contributed by atoms with E-state index in [9.17, 15) is 22.8 Å². The highest BCUT2D eigenvalue weighted by molar-refractivity contribution is 5.96. The van der Waals surface area contributed by atoms with Crippen LogP contribution in [0.15, 0.2) is 48.5 Å². The molecule has 0 saturated carbocycles. The van der Waals surface area contributed by atoms with Gasteiger partial charge in [0.2, 0.25) is 0 Å². The Bertz CT molecular complexity index is 888. The van der Waals surface area contributed by atoms with Gasteiger partial charge in [-0.1, -0.05) is 18.2 Å². The largest absolute Gasteiger partial charge is 0.469 e. The molecule has 0 heterocycles. The van der Waals surface area contributed by atoms with E-state index in [1.54, 1.807) is 18.2 Å². The first-order valence-corrected chi connectivity index (χ1v) is 9.74. The maximum atomic E-state index is 12.9. The summed E-state index contributed by atoms with van der Waals surface area (Å²) in [6.45, 7) is 0.871. The monoisotopic (exact) mass is 455 g/mol. The first-order valence-electron chi connectivity index (χ1n) is 9.74. The van der Waals surface area contributed by atoms with Crippen molar-refractivity contribution in [2.75, 3.05) is 45.5 Å². The zero-order chi connectivity index (χ0) is 23.4. The lowest BCUT2D eigenvalue weighted by Crippen LogP contribution is -2.14. The Morgan fingerprint density at radius 2 is 1.59 bits per heavy atom. The quantitative estimate of drug-likeness (QED) is 0.379. The molecule has 7 nitrogen and oxygen atoms in total. The summed E-state index contributed by atoms with van der Waals surface area (Å²) in [6.07, 6.45) is -4.31. The molecule has 0 fully saturated rings. The number of halogens is 3. The fourth-order valence-corrected chi connectivity index (χ4v) is 2.55. The molecule has 10 heteroatoms. The molecule has 0 bridgehead atoms. The molecule has 2 rings (SSSR count). The van der Waals surface area contributed by atoms with Crippen LogP contribution in [0.25, 0.3) is 0 Å². The minimum atomic E-state index is -4.47. The molecule has 2 aromatic carbocycles. The molecular formula is C22H24F3NO6. The highest BCUT2D eigenvalue weighted by Gasteiger charge is 2.30. The molecule has 2 aromatic rings. The van der Waals surface area contributed by atoms with Crippen LogP contribution in [0.3, 0.4) is 0 Å². The summed E-state index contributed by atoms with van der Waals surface area (Å²) in [6, 6.07) is 11.0. The van der Waals surface area contributed by atoms with E-state index in [1.165, 1.54) is 25.3 Å². The van der Waals surface area contributed by atoms with E-state index in [4.69, 9.17) is 14.2 Å². The predicted octanol–water partition coefficient (Wildman–Crippen LogP) is 4.20. The molecule has 0 atom stereocenters. The molecular weight excluding hydrogens is 431 g/mol. The van der Waals surface area contributed by atoms with Gasteiger partial charge in [0.1, 0.15) is 6.61 Å². The number of ether oxygens (including phenoxy) is 4. The van der Waals surface area contributed by atoms with Gasteiger partial charge in [-0.25, -0.2) is 4.79 Å². The number of carbonyl (C=O) groups is 2. The van der Waals surface area contributed by atoms with Gasteiger partial charge in [0.15, 0.2) is 0 Å². The van der Waals surface area contributed by atoms with E-state index in [0.717, 1.165) is 12.1 Å². The molecule has 0 aliphatic carbocycles. The van der Waals surface area contributed by atoms with E-state index in [-0.39, 0.29) is 56.7 Å². The van der Waals surface area contributed by atoms with Crippen LogP contribution >= 0.6 is 0 Å². The summed E-state index contributed by atoms with van der Waals surface area (Å²) in [4.78, 5) is 23.3. The van der Waals surface area contributed by atoms with Gasteiger partial charge in [-0.15, -0.1) is 0 Å². The molecule has 0 unspecified atom stereocenters. The number of anilines is 2. The van der Waals surface area contributed by atoms with Crippen LogP contribution in [0.1, 0.15) is 22.3 Å². The number of hydrogen-bond acceptors (Lipinski definition) is 7. The fourth-order valence-electron chi connectivity index (χ4n) is 2.55. The highest BCUT2D eigenvalue weighted by atomic mass is 19.4. The second-order valence-electron chi connectivity index (χ2n) is 6.44. The molecule has 0 saturated heterocycles. The van der Waals surface area contributed by atoms with Crippen molar-refractivity contribution >= 4 is 23.3 Å². The third-order valence-corrected chi connectivity index (χ3v) is 4.13. The number of nitrogens with one attached hydrogen (secondary N) is 1. The lowest BCUT2D eigenvalue weighted by atomic mass is 10.1. The number of methoxy groups -OCH3 is 1. The summed E-state index contributed by atoms with van der Waals surface area (Å²) < 4.78 is 58.9. The topological polar surface area (TPSA) is 83.1 Å². The van der Waals surface area contributed by atoms with E-state index >= 15 is 0 Å². The number of carbonyl (C=O) groups excluding carboxylic acids is 2. The summed E-state index contributed by atoms with van der Waals surface area (Å²) in [5, 5.41) is 2.83. The molecule has 1 N–H and O–H groups in total. The lowest BCUT2D eigenvalue weighted by Gasteiger charge is -2.13. The van der Waals surface area contributed by atoms with E-state index in [1.807, 2.05) is 0 Å². The molecule has 0 aliphatic rings. The third-order valence-electron chi connectivity index (χ3n) is 4.13. The Hall–Kier alpha value is -3.11. The van der Waals surface area contributed by atoms with Crippen LogP contribution in [-0.4, -0.2) is 52.1 Å². The summed E-state index contributed by atoms with van der Waals surface area (Å²) in [5.74, 6) is -1.00. The molecule has 174 valence electrons. The Balaban J connectivity index is 1.79. The first-order chi connectivity index (χ1) is 15.3. The number of para-hydroxylation sites is 1. The molecule has 0 aromatic heterocycles. The van der Waals surface area contributed by atoms with Crippen molar-refractivity contribution in [2.24, 2.45) is 0 Å². The van der Waals surface area contributed by atoms with E-state index in [0.29, 0.717) is 5.69 Å². The molecule has 32 heavy (non-hydrogen) atoms. The zero-order valence-corrected chi connectivity index (χ0v) is 17.4. The Labute approximate surface area is 183 Å². The van der Waals surface area contributed by atoms with E-state index in [2.05, 4.69) is 10.1 Å². The number of esters is 2. The maximum absolute atomic E-state index is 12.9. The standard InChI is InChI=1S/C22H24F3NO6/c1-29-20(27)9-10-30-11-12-31-13-14-32-21(28)18-7-2-3-8-19(18)26-17-6-4-5-16(15-17)22(23,24)25/h2-8,15,26H,9-14H2,1H3. The summed E-state index contributed by atoms with van der Waals surface area (Å²) >= 11 is 0. The van der Waals surface area contributed by atoms with Crippen LogP contribution in [0, 0.1) is 0 Å². The fraction of sp³-hybridized carbons (Fsp3) is 0.364. The average molecular weight is 455 g/mol. The highest BCUT2D eigenvalue weighted by Crippen LogP contribution is 2.31. The minimum Gasteiger partial charge on any atom is -0.469 e. The zero-order valence-electron chi connectivity index (χ0n) is 17.4. The van der Waals surface area contributed by atoms with Crippen molar-refractivity contribution in [3.05, 3.63) is 59.7 Å². The smallest absolute Gasteiger partial charge is 0.416 e. The van der Waals surface area contributed by atoms with Crippen LogP contribution in [-0.2, 0) is 29.9 Å². The van der Waals surface area contributed by atoms with E-state index < -0.39 is 17.7 Å². The van der Waals surface area contributed by atoms with Crippen LogP contribution in [0.4, 0.5) is 24.5 Å². The second kappa shape index (κ2) is 12.7. The maximum Gasteiger partial charge on any atom is 0.416 e. The number of rotatable bonds is 12. The van der Waals surface area contributed by atoms with Gasteiger partial charge >= 0.3 is 18.1 Å². The third kappa shape index (κ3) is 8.56. The van der Waals surface area contributed by atoms with Gasteiger partial charge in [-0.3, -0.25) is 4.79 Å². The molecule has 0 radical (unpaired) electrons. The summed E-state index contributed by atoms with van der Waals surface area (Å²) in [7, 11) is 1.30. The van der Waals surface area contributed by atoms with Crippen LogP contribution in [0.2, 0.25) is 0 Å². The molecule has 0 amide bonds. The summed E-state index contributed by atoms with van der Waals surface area (Å²) in [5.41, 5.74) is -0.114. The normalized spacial score (nSPS) is 11.1. The van der Waals surface area contributed by atoms with Gasteiger partial charge in [-0.05, 0) is 30.3 Å².